The van der Waals surface area contributed by atoms with Crippen LogP contribution in [0.1, 0.15) is 10.4 Å². The van der Waals surface area contributed by atoms with E-state index >= 15 is 0 Å². The number of nitrogens with two attached hydrogens (primary N) is 1. The molecular formula is C10H15N3O2S. The molecule has 0 saturated heterocycles. The van der Waals surface area contributed by atoms with Gasteiger partial charge in [-0.05, 0) is 23.9 Å². The van der Waals surface area contributed by atoms with Crippen LogP contribution in [0.3, 0.4) is 0 Å². The topological polar surface area (TPSA) is 84.2 Å². The number of carbonyl (C=O) groups is 2. The minimum Gasteiger partial charge on any atom is -0.350 e. The molecular weight excluding hydrogens is 226 g/mol. The van der Waals surface area contributed by atoms with Gasteiger partial charge in [-0.2, -0.15) is 0 Å². The van der Waals surface area contributed by atoms with E-state index < -0.39 is 0 Å². The second kappa shape index (κ2) is 6.24. The zero-order valence-corrected chi connectivity index (χ0v) is 9.89. The third kappa shape index (κ3) is 4.00. The number of hydrogen-bond donors (Lipinski definition) is 3. The molecule has 0 bridgehead atoms. The molecule has 16 heavy (non-hydrogen) atoms. The summed E-state index contributed by atoms with van der Waals surface area (Å²) in [6, 6.07) is 2.00. The molecule has 0 aliphatic carbocycles. The monoisotopic (exact) mass is 241 g/mol. The Kier molecular flexibility index (Phi) is 4.94. The predicted octanol–water partition coefficient (Wildman–Crippen LogP) is -0.252. The summed E-state index contributed by atoms with van der Waals surface area (Å²) in [5.74, 6) is -0.544. The van der Waals surface area contributed by atoms with Crippen LogP contribution in [0, 0.1) is 6.92 Å². The summed E-state index contributed by atoms with van der Waals surface area (Å²) in [7, 11) is 0. The van der Waals surface area contributed by atoms with E-state index in [1.165, 1.54) is 0 Å². The van der Waals surface area contributed by atoms with Gasteiger partial charge in [-0.15, -0.1) is 11.3 Å². The number of rotatable bonds is 5. The van der Waals surface area contributed by atoms with Gasteiger partial charge in [0.1, 0.15) is 0 Å². The number of thiophene rings is 1. The maximum absolute atomic E-state index is 11.3. The molecule has 0 fully saturated rings. The number of aryl methyl sites for hydroxylation is 1. The number of nitrogens with one attached hydrogen (secondary N) is 2. The molecule has 6 heteroatoms. The van der Waals surface area contributed by atoms with Crippen LogP contribution in [0.15, 0.2) is 11.4 Å². The Balaban J connectivity index is 2.25. The number of carbonyl (C=O) groups excluding carboxylic acids is 2. The average Bonchev–Trinajstić information content (AvgIpc) is 2.69. The Labute approximate surface area is 98.0 Å². The van der Waals surface area contributed by atoms with Crippen LogP contribution in [0.25, 0.3) is 0 Å². The highest BCUT2D eigenvalue weighted by atomic mass is 32.1. The zero-order valence-electron chi connectivity index (χ0n) is 9.08. The van der Waals surface area contributed by atoms with E-state index in [1.807, 2.05) is 18.4 Å². The molecule has 0 radical (unpaired) electrons. The lowest BCUT2D eigenvalue weighted by Crippen LogP contribution is -2.39. The maximum atomic E-state index is 11.3. The third-order valence-corrected chi connectivity index (χ3v) is 3.07. The second-order valence-electron chi connectivity index (χ2n) is 3.28. The Morgan fingerprint density at radius 3 is 2.69 bits per heavy atom. The number of amides is 2. The minimum atomic E-state index is -0.331. The first-order chi connectivity index (χ1) is 7.63. The fraction of sp³-hybridized carbons (Fsp3) is 0.400. The lowest BCUT2D eigenvalue weighted by atomic mass is 10.3. The molecule has 0 unspecified atom stereocenters. The van der Waals surface area contributed by atoms with Crippen LogP contribution in [0.5, 0.6) is 0 Å². The summed E-state index contributed by atoms with van der Waals surface area (Å²) in [6.45, 7) is 2.37. The minimum absolute atomic E-state index is 0.0273. The molecule has 1 heterocycles. The highest BCUT2D eigenvalue weighted by molar-refractivity contribution is 7.10. The lowest BCUT2D eigenvalue weighted by Gasteiger charge is -2.05. The first kappa shape index (κ1) is 12.7. The fourth-order valence-corrected chi connectivity index (χ4v) is 1.92. The van der Waals surface area contributed by atoms with Gasteiger partial charge in [0.25, 0.3) is 0 Å². The Hall–Kier alpha value is -1.40. The SMILES string of the molecule is Cc1ccsc1CNC(=O)CNC(=O)CN. The summed E-state index contributed by atoms with van der Waals surface area (Å²) in [6.07, 6.45) is 0. The third-order valence-electron chi connectivity index (χ3n) is 2.05. The van der Waals surface area contributed by atoms with Crippen molar-refractivity contribution in [1.82, 2.24) is 10.6 Å². The predicted molar refractivity (Wildman–Crippen MR) is 63.0 cm³/mol. The molecule has 0 aliphatic rings. The van der Waals surface area contributed by atoms with E-state index in [4.69, 9.17) is 5.73 Å². The van der Waals surface area contributed by atoms with Gasteiger partial charge in [0.2, 0.25) is 11.8 Å². The summed E-state index contributed by atoms with van der Waals surface area (Å²) in [4.78, 5) is 23.2. The summed E-state index contributed by atoms with van der Waals surface area (Å²) < 4.78 is 0. The van der Waals surface area contributed by atoms with Gasteiger partial charge in [0.05, 0.1) is 19.6 Å². The standard InChI is InChI=1S/C10H15N3O2S/c1-7-2-3-16-8(7)5-12-10(15)6-13-9(14)4-11/h2-3H,4-6,11H2,1H3,(H,12,15)(H,13,14). The Morgan fingerprint density at radius 2 is 2.12 bits per heavy atom. The van der Waals surface area contributed by atoms with E-state index in [0.717, 1.165) is 10.4 Å². The van der Waals surface area contributed by atoms with E-state index in [1.54, 1.807) is 11.3 Å². The van der Waals surface area contributed by atoms with Crippen LogP contribution < -0.4 is 16.4 Å². The van der Waals surface area contributed by atoms with Gasteiger partial charge in [-0.3, -0.25) is 9.59 Å². The van der Waals surface area contributed by atoms with Gasteiger partial charge in [0.15, 0.2) is 0 Å². The smallest absolute Gasteiger partial charge is 0.239 e. The van der Waals surface area contributed by atoms with Crippen molar-refractivity contribution in [3.8, 4) is 0 Å². The first-order valence-electron chi connectivity index (χ1n) is 4.90. The Bertz CT molecular complexity index is 376. The molecule has 2 amide bonds. The Morgan fingerprint density at radius 1 is 1.38 bits per heavy atom. The molecule has 1 aromatic rings. The first-order valence-corrected chi connectivity index (χ1v) is 5.78. The largest absolute Gasteiger partial charge is 0.350 e. The van der Waals surface area contributed by atoms with Crippen LogP contribution in [-0.2, 0) is 16.1 Å². The molecule has 0 atom stereocenters. The van der Waals surface area contributed by atoms with Crippen LogP contribution in [0.2, 0.25) is 0 Å². The van der Waals surface area contributed by atoms with E-state index in [0.29, 0.717) is 6.54 Å². The normalized spacial score (nSPS) is 9.88. The average molecular weight is 241 g/mol. The summed E-state index contributed by atoms with van der Waals surface area (Å²) in [5.41, 5.74) is 6.25. The molecule has 0 spiro atoms. The van der Waals surface area contributed by atoms with Gasteiger partial charge >= 0.3 is 0 Å². The van der Waals surface area contributed by atoms with Crippen molar-refractivity contribution in [3.63, 3.8) is 0 Å². The van der Waals surface area contributed by atoms with Crippen molar-refractivity contribution >= 4 is 23.2 Å². The van der Waals surface area contributed by atoms with E-state index in [-0.39, 0.29) is 24.9 Å². The molecule has 1 aromatic heterocycles. The maximum Gasteiger partial charge on any atom is 0.239 e. The molecule has 0 aromatic carbocycles. The van der Waals surface area contributed by atoms with E-state index in [2.05, 4.69) is 10.6 Å². The lowest BCUT2D eigenvalue weighted by molar-refractivity contribution is -0.125. The molecule has 0 saturated carbocycles. The second-order valence-corrected chi connectivity index (χ2v) is 4.29. The fourth-order valence-electron chi connectivity index (χ4n) is 1.08. The van der Waals surface area contributed by atoms with Crippen molar-refractivity contribution in [1.29, 1.82) is 0 Å². The highest BCUT2D eigenvalue weighted by Crippen LogP contribution is 2.14. The van der Waals surface area contributed by atoms with Crippen LogP contribution >= 0.6 is 11.3 Å². The molecule has 4 N–H and O–H groups in total. The van der Waals surface area contributed by atoms with Crippen LogP contribution in [-0.4, -0.2) is 24.9 Å². The van der Waals surface area contributed by atoms with Crippen molar-refractivity contribution in [2.24, 2.45) is 5.73 Å². The molecule has 5 nitrogen and oxygen atoms in total. The van der Waals surface area contributed by atoms with Crippen molar-refractivity contribution in [2.75, 3.05) is 13.1 Å². The summed E-state index contributed by atoms with van der Waals surface area (Å²) in [5, 5.41) is 7.10. The molecule has 0 aliphatic heterocycles. The van der Waals surface area contributed by atoms with Crippen molar-refractivity contribution in [2.45, 2.75) is 13.5 Å². The van der Waals surface area contributed by atoms with Gasteiger partial charge in [-0.25, -0.2) is 0 Å². The number of hydrogen-bond acceptors (Lipinski definition) is 4. The van der Waals surface area contributed by atoms with Crippen molar-refractivity contribution in [3.05, 3.63) is 21.9 Å². The molecule has 88 valence electrons. The summed E-state index contributed by atoms with van der Waals surface area (Å²) >= 11 is 1.60. The zero-order chi connectivity index (χ0) is 12.0. The highest BCUT2D eigenvalue weighted by Gasteiger charge is 2.05. The van der Waals surface area contributed by atoms with Gasteiger partial charge < -0.3 is 16.4 Å². The molecule has 1 rings (SSSR count). The van der Waals surface area contributed by atoms with E-state index in [9.17, 15) is 9.59 Å². The van der Waals surface area contributed by atoms with Crippen molar-refractivity contribution < 1.29 is 9.59 Å². The van der Waals surface area contributed by atoms with Crippen LogP contribution in [0.4, 0.5) is 0 Å². The van der Waals surface area contributed by atoms with Gasteiger partial charge in [-0.1, -0.05) is 0 Å². The quantitative estimate of drug-likeness (QED) is 0.664. The van der Waals surface area contributed by atoms with Gasteiger partial charge in [0, 0.05) is 4.88 Å².